The van der Waals surface area contributed by atoms with Crippen LogP contribution in [0.5, 0.6) is 0 Å². The van der Waals surface area contributed by atoms with Crippen molar-refractivity contribution in [2.24, 2.45) is 0 Å². The highest BCUT2D eigenvalue weighted by Gasteiger charge is 2.03. The average Bonchev–Trinajstić information content (AvgIpc) is 2.52. The molecule has 5 heteroatoms. The maximum atomic E-state index is 5.19. The largest absolute Gasteiger partial charge is 0.380 e. The van der Waals surface area contributed by atoms with Crippen molar-refractivity contribution in [2.75, 3.05) is 19.0 Å². The molecule has 0 radical (unpaired) electrons. The number of aromatic nitrogens is 2. The van der Waals surface area contributed by atoms with Crippen LogP contribution in [-0.4, -0.2) is 29.7 Å². The van der Waals surface area contributed by atoms with Crippen molar-refractivity contribution < 1.29 is 4.74 Å². The van der Waals surface area contributed by atoms with Crippen molar-refractivity contribution in [2.45, 2.75) is 23.8 Å². The van der Waals surface area contributed by atoms with Crippen LogP contribution in [0, 0.1) is 0 Å². The van der Waals surface area contributed by atoms with Crippen molar-refractivity contribution in [3.05, 3.63) is 48.3 Å². The molecule has 0 aliphatic heterocycles. The molecular weight excluding hydrogens is 270 g/mol. The molecule has 1 unspecified atom stereocenters. The fourth-order valence-electron chi connectivity index (χ4n) is 1.57. The Morgan fingerprint density at radius 2 is 2.05 bits per heavy atom. The minimum absolute atomic E-state index is 0.150. The summed E-state index contributed by atoms with van der Waals surface area (Å²) < 4.78 is 5.19. The molecular formula is C15H19N3OS. The lowest BCUT2D eigenvalue weighted by Crippen LogP contribution is -2.18. The lowest BCUT2D eigenvalue weighted by atomic mass is 10.2. The van der Waals surface area contributed by atoms with Crippen LogP contribution in [0.2, 0.25) is 0 Å². The fourth-order valence-corrected chi connectivity index (χ4v) is 2.37. The lowest BCUT2D eigenvalue weighted by Gasteiger charge is -2.11. The van der Waals surface area contributed by atoms with E-state index in [1.165, 1.54) is 5.56 Å². The first-order valence-corrected chi connectivity index (χ1v) is 7.52. The van der Waals surface area contributed by atoms with E-state index in [0.717, 1.165) is 23.1 Å². The van der Waals surface area contributed by atoms with Gasteiger partial charge >= 0.3 is 0 Å². The average molecular weight is 289 g/mol. The smallest absolute Gasteiger partial charge is 0.145 e. The maximum Gasteiger partial charge on any atom is 0.145 e. The molecule has 1 atom stereocenters. The van der Waals surface area contributed by atoms with Gasteiger partial charge in [0.25, 0.3) is 0 Å². The number of thioether (sulfide) groups is 1. The van der Waals surface area contributed by atoms with Crippen LogP contribution in [0.15, 0.2) is 47.8 Å². The Morgan fingerprint density at radius 3 is 2.80 bits per heavy atom. The molecule has 0 amide bonds. The van der Waals surface area contributed by atoms with Crippen LogP contribution in [0.1, 0.15) is 12.5 Å². The van der Waals surface area contributed by atoms with Gasteiger partial charge in [-0.15, -0.1) is 11.8 Å². The number of hydrogen-bond acceptors (Lipinski definition) is 5. The zero-order valence-electron chi connectivity index (χ0n) is 11.7. The molecule has 0 bridgehead atoms. The van der Waals surface area contributed by atoms with E-state index in [4.69, 9.17) is 4.74 Å². The molecule has 0 saturated carbocycles. The summed E-state index contributed by atoms with van der Waals surface area (Å²) in [4.78, 5) is 8.74. The van der Waals surface area contributed by atoms with Crippen LogP contribution in [-0.2, 0) is 10.5 Å². The zero-order chi connectivity index (χ0) is 14.2. The topological polar surface area (TPSA) is 47.0 Å². The van der Waals surface area contributed by atoms with E-state index in [1.54, 1.807) is 31.3 Å². The Labute approximate surface area is 124 Å². The number of rotatable bonds is 7. The van der Waals surface area contributed by atoms with Crippen molar-refractivity contribution >= 4 is 17.6 Å². The summed E-state index contributed by atoms with van der Waals surface area (Å²) in [7, 11) is 1.70. The predicted molar refractivity (Wildman–Crippen MR) is 83.0 cm³/mol. The Balaban J connectivity index is 1.89. The number of nitrogens with zero attached hydrogens (tertiary/aromatic N) is 2. The quantitative estimate of drug-likeness (QED) is 0.793. The van der Waals surface area contributed by atoms with Gasteiger partial charge in [0.1, 0.15) is 10.8 Å². The molecule has 0 fully saturated rings. The van der Waals surface area contributed by atoms with Gasteiger partial charge < -0.3 is 10.1 Å². The molecule has 0 saturated heterocycles. The normalized spacial score (nSPS) is 12.1. The Kier molecular flexibility index (Phi) is 5.83. The van der Waals surface area contributed by atoms with Gasteiger partial charge in [-0.2, -0.15) is 0 Å². The SMILES string of the molecule is COC(C)CNc1cncc(SCc2ccccc2)n1. The minimum Gasteiger partial charge on any atom is -0.380 e. The van der Waals surface area contributed by atoms with Crippen molar-refractivity contribution in [3.8, 4) is 0 Å². The van der Waals surface area contributed by atoms with Gasteiger partial charge in [0.2, 0.25) is 0 Å². The molecule has 0 spiro atoms. The minimum atomic E-state index is 0.150. The second-order valence-corrected chi connectivity index (χ2v) is 5.44. The van der Waals surface area contributed by atoms with Gasteiger partial charge in [-0.05, 0) is 12.5 Å². The summed E-state index contributed by atoms with van der Waals surface area (Å²) in [6.45, 7) is 2.73. The van der Waals surface area contributed by atoms with Crippen molar-refractivity contribution in [1.82, 2.24) is 9.97 Å². The van der Waals surface area contributed by atoms with Crippen LogP contribution >= 0.6 is 11.8 Å². The molecule has 2 rings (SSSR count). The molecule has 0 aliphatic carbocycles. The Hall–Kier alpha value is -1.59. The standard InChI is InChI=1S/C15H19N3OS/c1-12(19-2)8-17-14-9-16-10-15(18-14)20-11-13-6-4-3-5-7-13/h3-7,9-10,12H,8,11H2,1-2H3,(H,17,18). The fraction of sp³-hybridized carbons (Fsp3) is 0.333. The van der Waals surface area contributed by atoms with Crippen LogP contribution in [0.4, 0.5) is 5.82 Å². The van der Waals surface area contributed by atoms with Gasteiger partial charge in [0.15, 0.2) is 0 Å². The Morgan fingerprint density at radius 1 is 1.25 bits per heavy atom. The Bertz CT molecular complexity index is 522. The first-order valence-electron chi connectivity index (χ1n) is 6.53. The van der Waals surface area contributed by atoms with Crippen molar-refractivity contribution in [1.29, 1.82) is 0 Å². The third-order valence-electron chi connectivity index (χ3n) is 2.81. The van der Waals surface area contributed by atoms with Gasteiger partial charge in [-0.25, -0.2) is 4.98 Å². The molecule has 1 aromatic heterocycles. The highest BCUT2D eigenvalue weighted by Crippen LogP contribution is 2.21. The summed E-state index contributed by atoms with van der Waals surface area (Å²) in [5.74, 6) is 1.68. The molecule has 1 aromatic carbocycles. The van der Waals surface area contributed by atoms with Gasteiger partial charge in [-0.3, -0.25) is 4.98 Å². The molecule has 2 aromatic rings. The van der Waals surface area contributed by atoms with E-state index in [9.17, 15) is 0 Å². The number of hydrogen-bond donors (Lipinski definition) is 1. The van der Waals surface area contributed by atoms with E-state index >= 15 is 0 Å². The highest BCUT2D eigenvalue weighted by atomic mass is 32.2. The predicted octanol–water partition coefficient (Wildman–Crippen LogP) is 3.22. The first kappa shape index (κ1) is 14.8. The molecule has 0 aliphatic rings. The highest BCUT2D eigenvalue weighted by molar-refractivity contribution is 7.98. The second-order valence-electron chi connectivity index (χ2n) is 4.44. The molecule has 1 heterocycles. The van der Waals surface area contributed by atoms with E-state index < -0.39 is 0 Å². The van der Waals surface area contributed by atoms with E-state index in [2.05, 4.69) is 27.4 Å². The summed E-state index contributed by atoms with van der Waals surface area (Å²) in [6.07, 6.45) is 3.67. The van der Waals surface area contributed by atoms with Gasteiger partial charge in [0.05, 0.1) is 18.5 Å². The number of benzene rings is 1. The summed E-state index contributed by atoms with van der Waals surface area (Å²) in [6, 6.07) is 10.3. The third kappa shape index (κ3) is 4.83. The number of ether oxygens (including phenoxy) is 1. The van der Waals surface area contributed by atoms with Crippen molar-refractivity contribution in [3.63, 3.8) is 0 Å². The monoisotopic (exact) mass is 289 g/mol. The van der Waals surface area contributed by atoms with Gasteiger partial charge in [0, 0.05) is 19.4 Å². The summed E-state index contributed by atoms with van der Waals surface area (Å²) >= 11 is 1.68. The lowest BCUT2D eigenvalue weighted by molar-refractivity contribution is 0.128. The van der Waals surface area contributed by atoms with Crippen LogP contribution in [0.25, 0.3) is 0 Å². The van der Waals surface area contributed by atoms with Crippen LogP contribution < -0.4 is 5.32 Å². The molecule has 20 heavy (non-hydrogen) atoms. The summed E-state index contributed by atoms with van der Waals surface area (Å²) in [5, 5.41) is 4.14. The number of anilines is 1. The number of nitrogens with one attached hydrogen (secondary N) is 1. The maximum absolute atomic E-state index is 5.19. The molecule has 4 nitrogen and oxygen atoms in total. The summed E-state index contributed by atoms with van der Waals surface area (Å²) in [5.41, 5.74) is 1.28. The van der Waals surface area contributed by atoms with E-state index in [1.807, 2.05) is 25.1 Å². The zero-order valence-corrected chi connectivity index (χ0v) is 12.6. The molecule has 1 N–H and O–H groups in total. The first-order chi connectivity index (χ1) is 9.78. The van der Waals surface area contributed by atoms with Gasteiger partial charge in [-0.1, -0.05) is 30.3 Å². The van der Waals surface area contributed by atoms with E-state index in [0.29, 0.717) is 0 Å². The van der Waals surface area contributed by atoms with Crippen LogP contribution in [0.3, 0.4) is 0 Å². The van der Waals surface area contributed by atoms with E-state index in [-0.39, 0.29) is 6.10 Å². The number of methoxy groups -OCH3 is 1. The molecule has 106 valence electrons. The second kappa shape index (κ2) is 7.87. The third-order valence-corrected chi connectivity index (χ3v) is 3.79.